The summed E-state index contributed by atoms with van der Waals surface area (Å²) in [6.45, 7) is -0.136. The lowest BCUT2D eigenvalue weighted by atomic mass is 10.1. The van der Waals surface area contributed by atoms with E-state index >= 15 is 0 Å². The van der Waals surface area contributed by atoms with Crippen LogP contribution in [0.3, 0.4) is 0 Å². The molecule has 23 heavy (non-hydrogen) atoms. The first kappa shape index (κ1) is 14.8. The van der Waals surface area contributed by atoms with E-state index in [1.165, 1.54) is 0 Å². The Balaban J connectivity index is 1.81. The second kappa shape index (κ2) is 6.30. The minimum atomic E-state index is -0.585. The van der Waals surface area contributed by atoms with Crippen molar-refractivity contribution < 1.29 is 13.6 Å². The number of carbonyl (C=O) groups excluding carboxylic acids is 1. The molecule has 1 amide bonds. The van der Waals surface area contributed by atoms with Gasteiger partial charge in [-0.3, -0.25) is 4.79 Å². The van der Waals surface area contributed by atoms with Crippen molar-refractivity contribution in [3.05, 3.63) is 65.2 Å². The number of hydrogen-bond donors (Lipinski definition) is 2. The zero-order chi connectivity index (χ0) is 16.2. The number of H-pyrrole nitrogens is 1. The van der Waals surface area contributed by atoms with Crippen LogP contribution in [0.25, 0.3) is 11.4 Å². The molecule has 0 bridgehead atoms. The molecular weight excluding hydrogens is 304 g/mol. The van der Waals surface area contributed by atoms with Crippen molar-refractivity contribution in [2.45, 2.75) is 6.54 Å². The second-order valence-corrected chi connectivity index (χ2v) is 4.70. The standard InChI is InChI=1S/C15H11F2N5O/c16-10-5-6-13(17)9(7-10)8-18-15(23)12-4-2-1-3-11(12)14-19-21-22-20-14/h1-7H,8H2,(H,18,23)(H,19,20,21,22). The number of nitrogens with zero attached hydrogens (tertiary/aromatic N) is 3. The molecule has 0 aliphatic carbocycles. The van der Waals surface area contributed by atoms with Crippen LogP contribution in [0.1, 0.15) is 15.9 Å². The van der Waals surface area contributed by atoms with Crippen LogP contribution >= 0.6 is 0 Å². The van der Waals surface area contributed by atoms with Crippen LogP contribution in [0.2, 0.25) is 0 Å². The third-order valence-electron chi connectivity index (χ3n) is 3.21. The van der Waals surface area contributed by atoms with Gasteiger partial charge in [0.25, 0.3) is 5.91 Å². The number of amides is 1. The van der Waals surface area contributed by atoms with Crippen molar-refractivity contribution in [1.29, 1.82) is 0 Å². The van der Waals surface area contributed by atoms with Crippen molar-refractivity contribution >= 4 is 5.91 Å². The molecule has 1 heterocycles. The highest BCUT2D eigenvalue weighted by Crippen LogP contribution is 2.19. The molecule has 0 unspecified atom stereocenters. The Morgan fingerprint density at radius 1 is 1.17 bits per heavy atom. The molecule has 2 aromatic carbocycles. The van der Waals surface area contributed by atoms with Crippen LogP contribution in [-0.2, 0) is 6.54 Å². The van der Waals surface area contributed by atoms with Gasteiger partial charge in [-0.25, -0.2) is 8.78 Å². The van der Waals surface area contributed by atoms with Crippen LogP contribution in [0.5, 0.6) is 0 Å². The lowest BCUT2D eigenvalue weighted by Gasteiger charge is -2.09. The zero-order valence-electron chi connectivity index (χ0n) is 11.8. The van der Waals surface area contributed by atoms with Gasteiger partial charge in [0.1, 0.15) is 11.6 Å². The van der Waals surface area contributed by atoms with E-state index in [1.807, 2.05) is 0 Å². The van der Waals surface area contributed by atoms with Crippen molar-refractivity contribution in [2.75, 3.05) is 0 Å². The number of hydrogen-bond acceptors (Lipinski definition) is 4. The minimum Gasteiger partial charge on any atom is -0.348 e. The van der Waals surface area contributed by atoms with Gasteiger partial charge in [0.05, 0.1) is 5.56 Å². The summed E-state index contributed by atoms with van der Waals surface area (Å²) in [5.41, 5.74) is 0.861. The molecule has 0 atom stereocenters. The molecule has 0 fully saturated rings. The van der Waals surface area contributed by atoms with Gasteiger partial charge in [0.15, 0.2) is 0 Å². The molecule has 0 spiro atoms. The molecule has 3 rings (SSSR count). The number of rotatable bonds is 4. The molecule has 116 valence electrons. The molecule has 0 aliphatic heterocycles. The maximum Gasteiger partial charge on any atom is 0.252 e. The summed E-state index contributed by atoms with van der Waals surface area (Å²) in [6.07, 6.45) is 0. The average molecular weight is 315 g/mol. The molecule has 0 saturated carbocycles. The number of tetrazole rings is 1. The molecule has 2 N–H and O–H groups in total. The molecule has 3 aromatic rings. The average Bonchev–Trinajstić information content (AvgIpc) is 3.10. The van der Waals surface area contributed by atoms with E-state index in [0.717, 1.165) is 18.2 Å². The van der Waals surface area contributed by atoms with Crippen LogP contribution in [0.15, 0.2) is 42.5 Å². The van der Waals surface area contributed by atoms with Gasteiger partial charge < -0.3 is 5.32 Å². The predicted octanol–water partition coefficient (Wildman–Crippen LogP) is 2.07. The molecule has 6 nitrogen and oxygen atoms in total. The van der Waals surface area contributed by atoms with Crippen LogP contribution in [-0.4, -0.2) is 26.5 Å². The summed E-state index contributed by atoms with van der Waals surface area (Å²) < 4.78 is 26.7. The molecular formula is C15H11F2N5O. The highest BCUT2D eigenvalue weighted by molar-refractivity contribution is 6.00. The van der Waals surface area contributed by atoms with Gasteiger partial charge in [-0.2, -0.15) is 5.21 Å². The van der Waals surface area contributed by atoms with E-state index in [2.05, 4.69) is 25.9 Å². The van der Waals surface area contributed by atoms with Crippen molar-refractivity contribution in [3.8, 4) is 11.4 Å². The van der Waals surface area contributed by atoms with E-state index in [0.29, 0.717) is 11.1 Å². The Labute approximate surface area is 129 Å². The van der Waals surface area contributed by atoms with E-state index in [9.17, 15) is 13.6 Å². The lowest BCUT2D eigenvalue weighted by molar-refractivity contribution is 0.0951. The number of aromatic amines is 1. The smallest absolute Gasteiger partial charge is 0.252 e. The minimum absolute atomic E-state index is 0.0652. The Morgan fingerprint density at radius 3 is 2.78 bits per heavy atom. The second-order valence-electron chi connectivity index (χ2n) is 4.70. The monoisotopic (exact) mass is 315 g/mol. The van der Waals surface area contributed by atoms with E-state index < -0.39 is 17.5 Å². The zero-order valence-corrected chi connectivity index (χ0v) is 11.8. The molecule has 0 aliphatic rings. The van der Waals surface area contributed by atoms with Crippen LogP contribution < -0.4 is 5.32 Å². The highest BCUT2D eigenvalue weighted by atomic mass is 19.1. The number of aromatic nitrogens is 4. The molecule has 0 saturated heterocycles. The van der Waals surface area contributed by atoms with Gasteiger partial charge in [-0.05, 0) is 29.5 Å². The number of nitrogens with one attached hydrogen (secondary N) is 2. The normalized spacial score (nSPS) is 10.5. The maximum atomic E-state index is 13.6. The fourth-order valence-electron chi connectivity index (χ4n) is 2.10. The number of carbonyl (C=O) groups is 1. The maximum absolute atomic E-state index is 13.6. The SMILES string of the molecule is O=C(NCc1cc(F)ccc1F)c1ccccc1-c1nn[nH]n1. The summed E-state index contributed by atoms with van der Waals surface area (Å²) in [6, 6.07) is 9.75. The first-order valence-electron chi connectivity index (χ1n) is 6.70. The van der Waals surface area contributed by atoms with Gasteiger partial charge in [0.2, 0.25) is 5.82 Å². The van der Waals surface area contributed by atoms with Crippen molar-refractivity contribution in [2.24, 2.45) is 0 Å². The summed E-state index contributed by atoms with van der Waals surface area (Å²) in [5, 5.41) is 16.0. The topological polar surface area (TPSA) is 83.6 Å². The third-order valence-corrected chi connectivity index (χ3v) is 3.21. The Morgan fingerprint density at radius 2 is 2.00 bits per heavy atom. The predicted molar refractivity (Wildman–Crippen MR) is 77.1 cm³/mol. The van der Waals surface area contributed by atoms with Gasteiger partial charge in [-0.1, -0.05) is 18.2 Å². The van der Waals surface area contributed by atoms with E-state index in [1.54, 1.807) is 24.3 Å². The molecule has 1 aromatic heterocycles. The fourth-order valence-corrected chi connectivity index (χ4v) is 2.10. The Hall–Kier alpha value is -3.16. The first-order chi connectivity index (χ1) is 11.1. The Bertz CT molecular complexity index is 836. The Kier molecular flexibility index (Phi) is 4.05. The quantitative estimate of drug-likeness (QED) is 0.772. The van der Waals surface area contributed by atoms with E-state index in [4.69, 9.17) is 0 Å². The summed E-state index contributed by atoms with van der Waals surface area (Å²) in [4.78, 5) is 12.3. The summed E-state index contributed by atoms with van der Waals surface area (Å²) in [5.74, 6) is -1.33. The van der Waals surface area contributed by atoms with Gasteiger partial charge in [-0.15, -0.1) is 10.2 Å². The third kappa shape index (κ3) is 3.20. The fraction of sp³-hybridized carbons (Fsp3) is 0.0667. The summed E-state index contributed by atoms with van der Waals surface area (Å²) >= 11 is 0. The van der Waals surface area contributed by atoms with Crippen molar-refractivity contribution in [3.63, 3.8) is 0 Å². The van der Waals surface area contributed by atoms with Crippen LogP contribution in [0, 0.1) is 11.6 Å². The van der Waals surface area contributed by atoms with Crippen molar-refractivity contribution in [1.82, 2.24) is 25.9 Å². The number of halogens is 2. The first-order valence-corrected chi connectivity index (χ1v) is 6.70. The number of benzene rings is 2. The van der Waals surface area contributed by atoms with Gasteiger partial charge in [0, 0.05) is 17.7 Å². The molecule has 0 radical (unpaired) electrons. The largest absolute Gasteiger partial charge is 0.348 e. The summed E-state index contributed by atoms with van der Waals surface area (Å²) in [7, 11) is 0. The molecule has 8 heteroatoms. The highest BCUT2D eigenvalue weighted by Gasteiger charge is 2.15. The lowest BCUT2D eigenvalue weighted by Crippen LogP contribution is -2.24. The van der Waals surface area contributed by atoms with Crippen LogP contribution in [0.4, 0.5) is 8.78 Å². The van der Waals surface area contributed by atoms with E-state index in [-0.39, 0.29) is 17.9 Å². The van der Waals surface area contributed by atoms with Gasteiger partial charge >= 0.3 is 0 Å².